The summed E-state index contributed by atoms with van der Waals surface area (Å²) in [6.07, 6.45) is 0.113. The Kier molecular flexibility index (Phi) is 6.68. The van der Waals surface area contributed by atoms with Gasteiger partial charge in [-0.05, 0) is 49.6 Å². The number of aryl methyl sites for hydroxylation is 3. The van der Waals surface area contributed by atoms with Gasteiger partial charge in [-0.2, -0.15) is 0 Å². The molecule has 26 heavy (non-hydrogen) atoms. The van der Waals surface area contributed by atoms with E-state index in [1.807, 2.05) is 32.9 Å². The molecule has 0 saturated carbocycles. The Morgan fingerprint density at radius 1 is 1.04 bits per heavy atom. The molecule has 0 heterocycles. The van der Waals surface area contributed by atoms with Crippen molar-refractivity contribution in [3.8, 4) is 0 Å². The van der Waals surface area contributed by atoms with Crippen LogP contribution in [0.3, 0.4) is 0 Å². The Hall–Kier alpha value is -2.04. The van der Waals surface area contributed by atoms with E-state index < -0.39 is 0 Å². The Bertz CT molecular complexity index is 827. The van der Waals surface area contributed by atoms with Gasteiger partial charge in [0.05, 0.1) is 13.0 Å². The SMILES string of the molecule is Cc1cc(C)c(NC(=O)CN(C)C(=O)Cc2ccc(Cl)cc2Cl)c(C)c1. The van der Waals surface area contributed by atoms with E-state index in [0.29, 0.717) is 15.6 Å². The van der Waals surface area contributed by atoms with Crippen LogP contribution < -0.4 is 5.32 Å². The lowest BCUT2D eigenvalue weighted by atomic mass is 10.1. The van der Waals surface area contributed by atoms with Gasteiger partial charge in [0.15, 0.2) is 0 Å². The van der Waals surface area contributed by atoms with Gasteiger partial charge in [0, 0.05) is 22.8 Å². The average molecular weight is 393 g/mol. The smallest absolute Gasteiger partial charge is 0.243 e. The maximum atomic E-state index is 12.4. The first kappa shape index (κ1) is 20.3. The van der Waals surface area contributed by atoms with Crippen LogP contribution in [0, 0.1) is 20.8 Å². The lowest BCUT2D eigenvalue weighted by molar-refractivity contribution is -0.132. The van der Waals surface area contributed by atoms with Crippen molar-refractivity contribution in [1.29, 1.82) is 0 Å². The molecule has 0 unspecified atom stereocenters. The summed E-state index contributed by atoms with van der Waals surface area (Å²) in [7, 11) is 1.60. The first-order valence-electron chi connectivity index (χ1n) is 8.23. The van der Waals surface area contributed by atoms with E-state index in [-0.39, 0.29) is 24.8 Å². The van der Waals surface area contributed by atoms with Gasteiger partial charge in [-0.25, -0.2) is 0 Å². The number of carbonyl (C=O) groups excluding carboxylic acids is 2. The third kappa shape index (κ3) is 5.23. The molecule has 2 aromatic carbocycles. The second-order valence-corrected chi connectivity index (χ2v) is 7.33. The molecule has 4 nitrogen and oxygen atoms in total. The summed E-state index contributed by atoms with van der Waals surface area (Å²) in [5, 5.41) is 3.85. The van der Waals surface area contributed by atoms with Crippen LogP contribution in [0.4, 0.5) is 5.69 Å². The molecule has 1 N–H and O–H groups in total. The molecule has 2 aromatic rings. The molecular formula is C20H22Cl2N2O2. The highest BCUT2D eigenvalue weighted by molar-refractivity contribution is 6.35. The number of halogens is 2. The summed E-state index contributed by atoms with van der Waals surface area (Å²) in [5.41, 5.74) is 4.61. The molecule has 0 aliphatic carbocycles. The molecule has 0 saturated heterocycles. The quantitative estimate of drug-likeness (QED) is 0.810. The minimum Gasteiger partial charge on any atom is -0.336 e. The molecule has 0 bridgehead atoms. The molecule has 0 spiro atoms. The molecule has 0 aliphatic heterocycles. The van der Waals surface area contributed by atoms with Crippen molar-refractivity contribution in [2.24, 2.45) is 0 Å². The van der Waals surface area contributed by atoms with E-state index >= 15 is 0 Å². The van der Waals surface area contributed by atoms with Crippen molar-refractivity contribution in [1.82, 2.24) is 4.90 Å². The minimum atomic E-state index is -0.238. The first-order chi connectivity index (χ1) is 12.2. The van der Waals surface area contributed by atoms with Crippen LogP contribution in [0.2, 0.25) is 10.0 Å². The number of amides is 2. The van der Waals surface area contributed by atoms with Crippen molar-refractivity contribution in [2.45, 2.75) is 27.2 Å². The zero-order chi connectivity index (χ0) is 19.4. The van der Waals surface area contributed by atoms with Crippen LogP contribution in [-0.4, -0.2) is 30.3 Å². The number of carbonyl (C=O) groups is 2. The predicted octanol–water partition coefficient (Wildman–Crippen LogP) is 4.56. The van der Waals surface area contributed by atoms with E-state index in [4.69, 9.17) is 23.2 Å². The molecule has 0 atom stereocenters. The molecule has 0 aromatic heterocycles. The monoisotopic (exact) mass is 392 g/mol. The summed E-state index contributed by atoms with van der Waals surface area (Å²) >= 11 is 12.0. The fraction of sp³-hybridized carbons (Fsp3) is 0.300. The molecule has 0 aliphatic rings. The van der Waals surface area contributed by atoms with Crippen molar-refractivity contribution in [3.63, 3.8) is 0 Å². The zero-order valence-corrected chi connectivity index (χ0v) is 16.8. The minimum absolute atomic E-state index is 0.0310. The lowest BCUT2D eigenvalue weighted by Crippen LogP contribution is -2.36. The number of nitrogens with zero attached hydrogens (tertiary/aromatic N) is 1. The van der Waals surface area contributed by atoms with Gasteiger partial charge in [-0.15, -0.1) is 0 Å². The Morgan fingerprint density at radius 3 is 2.23 bits per heavy atom. The number of nitrogens with one attached hydrogen (secondary N) is 1. The predicted molar refractivity (Wildman–Crippen MR) is 107 cm³/mol. The summed E-state index contributed by atoms with van der Waals surface area (Å²) in [5.74, 6) is -0.431. The maximum Gasteiger partial charge on any atom is 0.243 e. The molecular weight excluding hydrogens is 371 g/mol. The summed E-state index contributed by atoms with van der Waals surface area (Å²) in [6, 6.07) is 9.03. The zero-order valence-electron chi connectivity index (χ0n) is 15.3. The molecule has 138 valence electrons. The fourth-order valence-electron chi connectivity index (χ4n) is 2.82. The maximum absolute atomic E-state index is 12.4. The highest BCUT2D eigenvalue weighted by Gasteiger charge is 2.16. The third-order valence-electron chi connectivity index (χ3n) is 4.10. The Labute approximate surface area is 164 Å². The van der Waals surface area contributed by atoms with Gasteiger partial charge in [-0.3, -0.25) is 9.59 Å². The third-order valence-corrected chi connectivity index (χ3v) is 4.69. The van der Waals surface area contributed by atoms with E-state index in [1.54, 1.807) is 25.2 Å². The number of benzene rings is 2. The van der Waals surface area contributed by atoms with Gasteiger partial charge < -0.3 is 10.2 Å². The number of likely N-dealkylation sites (N-methyl/N-ethyl adjacent to an activating group) is 1. The van der Waals surface area contributed by atoms with E-state index in [1.165, 1.54) is 4.90 Å². The van der Waals surface area contributed by atoms with Crippen molar-refractivity contribution in [2.75, 3.05) is 18.9 Å². The van der Waals surface area contributed by atoms with Gasteiger partial charge in [0.1, 0.15) is 0 Å². The second-order valence-electron chi connectivity index (χ2n) is 6.48. The van der Waals surface area contributed by atoms with Crippen molar-refractivity contribution < 1.29 is 9.59 Å². The van der Waals surface area contributed by atoms with Gasteiger partial charge in [0.2, 0.25) is 11.8 Å². The number of hydrogen-bond acceptors (Lipinski definition) is 2. The second kappa shape index (κ2) is 8.56. The fourth-order valence-corrected chi connectivity index (χ4v) is 3.30. The summed E-state index contributed by atoms with van der Waals surface area (Å²) in [4.78, 5) is 26.1. The van der Waals surface area contributed by atoms with Gasteiger partial charge >= 0.3 is 0 Å². The van der Waals surface area contributed by atoms with E-state index in [0.717, 1.165) is 22.4 Å². The normalized spacial score (nSPS) is 10.5. The highest BCUT2D eigenvalue weighted by atomic mass is 35.5. The number of hydrogen-bond donors (Lipinski definition) is 1. The van der Waals surface area contributed by atoms with Crippen LogP contribution in [0.1, 0.15) is 22.3 Å². The van der Waals surface area contributed by atoms with Crippen molar-refractivity contribution >= 4 is 40.7 Å². The van der Waals surface area contributed by atoms with Gasteiger partial charge in [-0.1, -0.05) is 47.0 Å². The van der Waals surface area contributed by atoms with Crippen LogP contribution in [0.25, 0.3) is 0 Å². The number of anilines is 1. The molecule has 6 heteroatoms. The summed E-state index contributed by atoms with van der Waals surface area (Å²) in [6.45, 7) is 5.89. The molecule has 0 radical (unpaired) electrons. The van der Waals surface area contributed by atoms with Crippen molar-refractivity contribution in [3.05, 3.63) is 62.6 Å². The highest BCUT2D eigenvalue weighted by Crippen LogP contribution is 2.23. The Morgan fingerprint density at radius 2 is 1.65 bits per heavy atom. The lowest BCUT2D eigenvalue weighted by Gasteiger charge is -2.19. The molecule has 0 fully saturated rings. The molecule has 2 rings (SSSR count). The van der Waals surface area contributed by atoms with Crippen LogP contribution in [-0.2, 0) is 16.0 Å². The van der Waals surface area contributed by atoms with Crippen LogP contribution in [0.15, 0.2) is 30.3 Å². The largest absolute Gasteiger partial charge is 0.336 e. The van der Waals surface area contributed by atoms with E-state index in [2.05, 4.69) is 5.32 Å². The van der Waals surface area contributed by atoms with Crippen LogP contribution in [0.5, 0.6) is 0 Å². The summed E-state index contributed by atoms with van der Waals surface area (Å²) < 4.78 is 0. The topological polar surface area (TPSA) is 49.4 Å². The number of rotatable bonds is 5. The van der Waals surface area contributed by atoms with E-state index in [9.17, 15) is 9.59 Å². The van der Waals surface area contributed by atoms with Crippen LogP contribution >= 0.6 is 23.2 Å². The Balaban J connectivity index is 1.99. The standard InChI is InChI=1S/C20H22Cl2N2O2/c1-12-7-13(2)20(14(3)8-12)23-18(25)11-24(4)19(26)9-15-5-6-16(21)10-17(15)22/h5-8,10H,9,11H2,1-4H3,(H,23,25). The average Bonchev–Trinajstić information content (AvgIpc) is 2.53. The molecule has 2 amide bonds. The van der Waals surface area contributed by atoms with Gasteiger partial charge in [0.25, 0.3) is 0 Å². The first-order valence-corrected chi connectivity index (χ1v) is 8.98.